The van der Waals surface area contributed by atoms with Crippen molar-refractivity contribution in [2.75, 3.05) is 0 Å². The average molecular weight is 493 g/mol. The van der Waals surface area contributed by atoms with Crippen molar-refractivity contribution in [3.63, 3.8) is 0 Å². The van der Waals surface area contributed by atoms with Gasteiger partial charge >= 0.3 is 0 Å². The zero-order valence-electron chi connectivity index (χ0n) is 16.4. The van der Waals surface area contributed by atoms with Gasteiger partial charge in [0.05, 0.1) is 16.1 Å². The van der Waals surface area contributed by atoms with E-state index in [1.807, 2.05) is 68.0 Å². The first-order valence-corrected chi connectivity index (χ1v) is 14.8. The van der Waals surface area contributed by atoms with Crippen LogP contribution in [0.15, 0.2) is 0 Å². The van der Waals surface area contributed by atoms with Gasteiger partial charge in [0, 0.05) is 61.9 Å². The van der Waals surface area contributed by atoms with Gasteiger partial charge < -0.3 is 0 Å². The van der Waals surface area contributed by atoms with Crippen molar-refractivity contribution in [3.05, 3.63) is 22.3 Å². The molecule has 0 unspecified atom stereocenters. The Morgan fingerprint density at radius 3 is 0.767 bits per heavy atom. The molecule has 0 nitrogen and oxygen atoms in total. The van der Waals surface area contributed by atoms with E-state index in [0.717, 1.165) is 0 Å². The highest BCUT2D eigenvalue weighted by atomic mass is 32.2. The highest BCUT2D eigenvalue weighted by Gasteiger charge is 2.30. The fraction of sp³-hybridized carbons (Fsp3) is 0.167. The smallest absolute Gasteiger partial charge is 0.0899 e. The summed E-state index contributed by atoms with van der Waals surface area (Å²) in [5, 5.41) is 12.5. The summed E-state index contributed by atoms with van der Waals surface area (Å²) in [6, 6.07) is 0. The topological polar surface area (TPSA) is 0 Å². The van der Waals surface area contributed by atoms with Crippen LogP contribution in [0.3, 0.4) is 0 Å². The second kappa shape index (κ2) is 4.72. The highest BCUT2D eigenvalue weighted by molar-refractivity contribution is 7.54. The lowest BCUT2D eigenvalue weighted by Crippen LogP contribution is -1.85. The largest absolute Gasteiger partial charge is 0.124 e. The van der Waals surface area contributed by atoms with Gasteiger partial charge in [0.2, 0.25) is 0 Å². The van der Waals surface area contributed by atoms with E-state index in [0.29, 0.717) is 0 Å². The Bertz CT molecular complexity index is 1840. The fourth-order valence-electron chi connectivity index (χ4n) is 5.70. The van der Waals surface area contributed by atoms with E-state index < -0.39 is 0 Å². The van der Waals surface area contributed by atoms with Gasteiger partial charge in [-0.15, -0.1) is 68.0 Å². The molecule has 0 fully saturated rings. The summed E-state index contributed by atoms with van der Waals surface area (Å²) in [5.41, 5.74) is 5.97. The number of aryl methyl sites for hydroxylation is 4. The van der Waals surface area contributed by atoms with Crippen LogP contribution in [0.4, 0.5) is 0 Å². The molecule has 30 heavy (non-hydrogen) atoms. The predicted octanol–water partition coefficient (Wildman–Crippen LogP) is 10.8. The van der Waals surface area contributed by atoms with Crippen LogP contribution in [0.5, 0.6) is 0 Å². The third kappa shape index (κ3) is 1.44. The van der Waals surface area contributed by atoms with Gasteiger partial charge in [-0.05, 0) is 49.9 Å². The molecule has 6 heteroatoms. The summed E-state index contributed by atoms with van der Waals surface area (Å²) in [4.78, 5) is 0. The van der Waals surface area contributed by atoms with Crippen molar-refractivity contribution in [1.29, 1.82) is 0 Å². The van der Waals surface area contributed by atoms with E-state index in [9.17, 15) is 0 Å². The monoisotopic (exact) mass is 492 g/mol. The lowest BCUT2D eigenvalue weighted by molar-refractivity contribution is 1.44. The molecule has 0 amide bonds. The Morgan fingerprint density at radius 2 is 0.533 bits per heavy atom. The molecule has 0 spiro atoms. The van der Waals surface area contributed by atoms with E-state index >= 15 is 0 Å². The molecule has 0 saturated heterocycles. The minimum atomic E-state index is 1.49. The van der Waals surface area contributed by atoms with Gasteiger partial charge in [0.15, 0.2) is 0 Å². The third-order valence-electron chi connectivity index (χ3n) is 7.36. The molecule has 0 atom stereocenters. The SMILES string of the molecule is Cc1c(C)c2sc3sc4sc5c(C)c(C)c6sc7sc8sc1c1c8c7c6c5c4c3c21. The first-order chi connectivity index (χ1) is 14.5. The summed E-state index contributed by atoms with van der Waals surface area (Å²) < 4.78 is 12.2. The summed E-state index contributed by atoms with van der Waals surface area (Å²) in [7, 11) is 0. The zero-order chi connectivity index (χ0) is 19.8. The number of hydrogen-bond donors (Lipinski definition) is 0. The normalized spacial score (nSPS) is 14.0. The van der Waals surface area contributed by atoms with E-state index in [4.69, 9.17) is 0 Å². The maximum atomic E-state index is 2.34. The van der Waals surface area contributed by atoms with Crippen LogP contribution in [0, 0.1) is 27.7 Å². The van der Waals surface area contributed by atoms with Gasteiger partial charge in [-0.1, -0.05) is 0 Å². The summed E-state index contributed by atoms with van der Waals surface area (Å²) in [6.07, 6.45) is 0. The fourth-order valence-corrected chi connectivity index (χ4v) is 14.7. The molecule has 0 saturated carbocycles. The zero-order valence-corrected chi connectivity index (χ0v) is 21.3. The van der Waals surface area contributed by atoms with Crippen molar-refractivity contribution in [2.24, 2.45) is 0 Å². The van der Waals surface area contributed by atoms with E-state index in [1.165, 1.54) is 57.1 Å². The number of hydrogen-bond acceptors (Lipinski definition) is 6. The standard InChI is InChI=1S/C24H12S6/c1-5-6(2)18-10-9-13-15-11-12-16-14(10)22(26-18)30-24(16)28-20(12)8(4)7(3)19(11)27-23(15)29-21(13)25-17(5)9/h1-4H3. The molecule has 6 aromatic heterocycles. The van der Waals surface area contributed by atoms with Crippen molar-refractivity contribution in [2.45, 2.75) is 27.7 Å². The third-order valence-corrected chi connectivity index (χ3v) is 15.3. The second-order valence-corrected chi connectivity index (χ2v) is 15.7. The van der Waals surface area contributed by atoms with Crippen molar-refractivity contribution < 1.29 is 0 Å². The minimum Gasteiger partial charge on any atom is -0.124 e. The van der Waals surface area contributed by atoms with Crippen LogP contribution in [-0.4, -0.2) is 0 Å². The van der Waals surface area contributed by atoms with E-state index in [2.05, 4.69) is 27.7 Å². The lowest BCUT2D eigenvalue weighted by Gasteiger charge is -2.09. The predicted molar refractivity (Wildman–Crippen MR) is 146 cm³/mol. The second-order valence-electron chi connectivity index (χ2n) is 8.58. The first-order valence-electron chi connectivity index (χ1n) is 9.95. The quantitative estimate of drug-likeness (QED) is 0.197. The molecular weight excluding hydrogens is 481 g/mol. The maximum Gasteiger partial charge on any atom is 0.0899 e. The van der Waals surface area contributed by atoms with Crippen LogP contribution >= 0.6 is 68.0 Å². The molecule has 0 N–H and O–H groups in total. The Hall–Kier alpha value is -1.28. The van der Waals surface area contributed by atoms with Gasteiger partial charge in [0.25, 0.3) is 0 Å². The lowest BCUT2D eigenvalue weighted by atomic mass is 9.94. The van der Waals surface area contributed by atoms with Crippen LogP contribution in [0.2, 0.25) is 0 Å². The summed E-state index contributed by atoms with van der Waals surface area (Å²) >= 11 is 12.3. The molecule has 0 aliphatic heterocycles. The van der Waals surface area contributed by atoms with Gasteiger partial charge in [0.1, 0.15) is 0 Å². The molecule has 9 rings (SSSR count). The molecule has 3 aromatic carbocycles. The summed E-state index contributed by atoms with van der Waals surface area (Å²) in [5.74, 6) is 0. The number of thiophene rings is 6. The van der Waals surface area contributed by atoms with Crippen molar-refractivity contribution >= 4 is 146 Å². The van der Waals surface area contributed by atoms with Gasteiger partial charge in [-0.25, -0.2) is 0 Å². The van der Waals surface area contributed by atoms with Crippen LogP contribution in [-0.2, 0) is 0 Å². The number of benzene rings is 2. The number of rotatable bonds is 0. The van der Waals surface area contributed by atoms with Crippen molar-refractivity contribution in [3.8, 4) is 0 Å². The molecule has 0 radical (unpaired) electrons. The molecule has 0 bridgehead atoms. The molecule has 6 heterocycles. The molecule has 144 valence electrons. The minimum absolute atomic E-state index is 1.49. The van der Waals surface area contributed by atoms with Crippen molar-refractivity contribution in [1.82, 2.24) is 0 Å². The summed E-state index contributed by atoms with van der Waals surface area (Å²) in [6.45, 7) is 9.38. The molecular formula is C24H12S6. The Balaban J connectivity index is 1.88. The van der Waals surface area contributed by atoms with Gasteiger partial charge in [-0.3, -0.25) is 0 Å². The van der Waals surface area contributed by atoms with E-state index in [1.54, 1.807) is 43.1 Å². The Morgan fingerprint density at radius 1 is 0.300 bits per heavy atom. The molecule has 9 aromatic rings. The first kappa shape index (κ1) is 16.4. The highest BCUT2D eigenvalue weighted by Crippen LogP contribution is 2.61. The van der Waals surface area contributed by atoms with Crippen LogP contribution < -0.4 is 0 Å². The Kier molecular flexibility index (Phi) is 2.58. The van der Waals surface area contributed by atoms with Crippen LogP contribution in [0.25, 0.3) is 77.9 Å². The van der Waals surface area contributed by atoms with Crippen LogP contribution in [0.1, 0.15) is 22.3 Å². The van der Waals surface area contributed by atoms with E-state index in [-0.39, 0.29) is 0 Å². The maximum absolute atomic E-state index is 2.34. The molecule has 0 aliphatic rings. The molecule has 0 aliphatic carbocycles. The average Bonchev–Trinajstić information content (AvgIpc) is 3.47. The Labute approximate surface area is 194 Å². The van der Waals surface area contributed by atoms with Gasteiger partial charge in [-0.2, -0.15) is 0 Å².